The van der Waals surface area contributed by atoms with Crippen molar-refractivity contribution in [2.75, 3.05) is 0 Å². The van der Waals surface area contributed by atoms with Crippen LogP contribution in [0.4, 0.5) is 0 Å². The van der Waals surface area contributed by atoms with Crippen molar-refractivity contribution in [3.8, 4) is 0 Å². The molecule has 0 saturated heterocycles. The van der Waals surface area contributed by atoms with Gasteiger partial charge in [0.1, 0.15) is 0 Å². The first-order chi connectivity index (χ1) is 8.50. The first-order valence-corrected chi connectivity index (χ1v) is 6.15. The first-order valence-electron chi connectivity index (χ1n) is 5.77. The van der Waals surface area contributed by atoms with Crippen LogP contribution in [0.2, 0.25) is 5.02 Å². The van der Waals surface area contributed by atoms with E-state index in [1.54, 1.807) is 10.7 Å². The number of Topliss-reactive ketones (excluding diaryl/α,β-unsaturated/α-hetero) is 1. The molecule has 0 aliphatic rings. The molecule has 0 aliphatic heterocycles. The Morgan fingerprint density at radius 3 is 2.56 bits per heavy atom. The van der Waals surface area contributed by atoms with Crippen LogP contribution in [-0.4, -0.2) is 15.6 Å². The second kappa shape index (κ2) is 4.94. The van der Waals surface area contributed by atoms with Gasteiger partial charge in [-0.1, -0.05) is 29.8 Å². The Labute approximate surface area is 111 Å². The summed E-state index contributed by atoms with van der Waals surface area (Å²) in [7, 11) is 1.84. The van der Waals surface area contributed by atoms with Gasteiger partial charge in [0.15, 0.2) is 5.78 Å². The van der Waals surface area contributed by atoms with Gasteiger partial charge < -0.3 is 0 Å². The number of hydrogen-bond acceptors (Lipinski definition) is 2. The fourth-order valence-electron chi connectivity index (χ4n) is 2.08. The van der Waals surface area contributed by atoms with E-state index in [1.807, 2.05) is 39.1 Å². The Morgan fingerprint density at radius 1 is 1.33 bits per heavy atom. The second-order valence-corrected chi connectivity index (χ2v) is 4.77. The molecule has 0 fully saturated rings. The maximum Gasteiger partial charge on any atom is 0.170 e. The van der Waals surface area contributed by atoms with Crippen LogP contribution >= 0.6 is 11.6 Å². The van der Waals surface area contributed by atoms with Gasteiger partial charge in [-0.15, -0.1) is 0 Å². The van der Waals surface area contributed by atoms with Gasteiger partial charge in [0, 0.05) is 24.2 Å². The molecule has 1 heterocycles. The molecule has 0 saturated carbocycles. The van der Waals surface area contributed by atoms with Crippen molar-refractivity contribution in [2.45, 2.75) is 20.3 Å². The molecule has 1 aromatic heterocycles. The number of aromatic nitrogens is 2. The van der Waals surface area contributed by atoms with Crippen LogP contribution in [0, 0.1) is 13.8 Å². The van der Waals surface area contributed by atoms with Gasteiger partial charge in [-0.05, 0) is 25.5 Å². The van der Waals surface area contributed by atoms with Crippen LogP contribution in [0.5, 0.6) is 0 Å². The summed E-state index contributed by atoms with van der Waals surface area (Å²) < 4.78 is 1.73. The van der Waals surface area contributed by atoms with Crippen molar-refractivity contribution < 1.29 is 4.79 Å². The lowest BCUT2D eigenvalue weighted by Crippen LogP contribution is -2.07. The van der Waals surface area contributed by atoms with Gasteiger partial charge in [0.05, 0.1) is 11.3 Å². The highest BCUT2D eigenvalue weighted by Crippen LogP contribution is 2.20. The van der Waals surface area contributed by atoms with E-state index in [1.165, 1.54) is 0 Å². The highest BCUT2D eigenvalue weighted by Gasteiger charge is 2.18. The monoisotopic (exact) mass is 262 g/mol. The predicted octanol–water partition coefficient (Wildman–Crippen LogP) is 3.12. The van der Waals surface area contributed by atoms with Gasteiger partial charge in [0.25, 0.3) is 0 Å². The van der Waals surface area contributed by atoms with Crippen molar-refractivity contribution in [2.24, 2.45) is 7.05 Å². The first kappa shape index (κ1) is 12.8. The lowest BCUT2D eigenvalue weighted by molar-refractivity contribution is 0.0991. The number of nitrogens with zero attached hydrogens (tertiary/aromatic N) is 2. The molecule has 3 nitrogen and oxygen atoms in total. The number of ketones is 1. The zero-order valence-corrected chi connectivity index (χ0v) is 11.5. The molecule has 1 aromatic carbocycles. The average molecular weight is 263 g/mol. The quantitative estimate of drug-likeness (QED) is 0.797. The molecule has 2 aromatic rings. The van der Waals surface area contributed by atoms with Gasteiger partial charge >= 0.3 is 0 Å². The molecule has 0 spiro atoms. The number of aryl methyl sites for hydroxylation is 2. The maximum absolute atomic E-state index is 12.3. The molecule has 18 heavy (non-hydrogen) atoms. The smallest absolute Gasteiger partial charge is 0.170 e. The summed E-state index contributed by atoms with van der Waals surface area (Å²) in [5.74, 6) is 0.0613. The molecule has 2 rings (SSSR count). The third kappa shape index (κ3) is 2.31. The normalized spacial score (nSPS) is 10.7. The predicted molar refractivity (Wildman–Crippen MR) is 72.2 cm³/mol. The highest BCUT2D eigenvalue weighted by atomic mass is 35.5. The number of carbonyl (C=O) groups is 1. The van der Waals surface area contributed by atoms with Gasteiger partial charge in [-0.2, -0.15) is 5.10 Å². The van der Waals surface area contributed by atoms with E-state index in [4.69, 9.17) is 11.6 Å². The third-order valence-corrected chi connectivity index (χ3v) is 3.47. The van der Waals surface area contributed by atoms with Crippen molar-refractivity contribution in [3.05, 3.63) is 51.8 Å². The minimum Gasteiger partial charge on any atom is -0.294 e. The van der Waals surface area contributed by atoms with Crippen molar-refractivity contribution in [1.29, 1.82) is 0 Å². The van der Waals surface area contributed by atoms with Gasteiger partial charge in [0.2, 0.25) is 0 Å². The summed E-state index contributed by atoms with van der Waals surface area (Å²) >= 11 is 6.07. The molecule has 4 heteroatoms. The van der Waals surface area contributed by atoms with E-state index >= 15 is 0 Å². The molecular weight excluding hydrogens is 248 g/mol. The van der Waals surface area contributed by atoms with Gasteiger partial charge in [-0.25, -0.2) is 0 Å². The lowest BCUT2D eigenvalue weighted by Gasteiger charge is -2.04. The van der Waals surface area contributed by atoms with Crippen LogP contribution in [0.25, 0.3) is 0 Å². The average Bonchev–Trinajstić information content (AvgIpc) is 2.56. The summed E-state index contributed by atoms with van der Waals surface area (Å²) in [6.45, 7) is 3.76. The molecule has 0 unspecified atom stereocenters. The summed E-state index contributed by atoms with van der Waals surface area (Å²) in [5, 5.41) is 4.89. The van der Waals surface area contributed by atoms with Crippen LogP contribution in [0.1, 0.15) is 27.3 Å². The Balaban J connectivity index is 2.31. The highest BCUT2D eigenvalue weighted by molar-refractivity contribution is 6.31. The van der Waals surface area contributed by atoms with Crippen LogP contribution in [0.15, 0.2) is 24.3 Å². The maximum atomic E-state index is 12.3. The van der Waals surface area contributed by atoms with Crippen molar-refractivity contribution >= 4 is 17.4 Å². The fourth-order valence-corrected chi connectivity index (χ4v) is 2.28. The summed E-state index contributed by atoms with van der Waals surface area (Å²) in [5.41, 5.74) is 3.22. The van der Waals surface area contributed by atoms with E-state index in [0.717, 1.165) is 17.0 Å². The number of benzene rings is 1. The van der Waals surface area contributed by atoms with E-state index in [9.17, 15) is 4.79 Å². The Bertz CT molecular complexity index is 602. The lowest BCUT2D eigenvalue weighted by atomic mass is 10.0. The summed E-state index contributed by atoms with van der Waals surface area (Å²) in [6.07, 6.45) is 0.313. The van der Waals surface area contributed by atoms with E-state index in [0.29, 0.717) is 17.0 Å². The summed E-state index contributed by atoms with van der Waals surface area (Å²) in [4.78, 5) is 12.3. The van der Waals surface area contributed by atoms with Gasteiger partial charge in [-0.3, -0.25) is 9.48 Å². The summed E-state index contributed by atoms with van der Waals surface area (Å²) in [6, 6.07) is 7.42. The minimum absolute atomic E-state index is 0.0613. The molecule has 94 valence electrons. The van der Waals surface area contributed by atoms with Crippen LogP contribution in [0.3, 0.4) is 0 Å². The number of carbonyl (C=O) groups excluding carboxylic acids is 1. The second-order valence-electron chi connectivity index (χ2n) is 4.36. The third-order valence-electron chi connectivity index (χ3n) is 3.10. The standard InChI is InChI=1S/C14H15ClN2O/c1-9-14(10(2)17(3)16-9)13(18)8-11-6-4-5-7-12(11)15/h4-7H,8H2,1-3H3. The van der Waals surface area contributed by atoms with E-state index < -0.39 is 0 Å². The Kier molecular flexibility index (Phi) is 3.53. The van der Waals surface area contributed by atoms with Crippen LogP contribution < -0.4 is 0 Å². The Morgan fingerprint density at radius 2 is 2.00 bits per heavy atom. The molecule has 0 N–H and O–H groups in total. The van der Waals surface area contributed by atoms with Crippen molar-refractivity contribution in [3.63, 3.8) is 0 Å². The molecular formula is C14H15ClN2O. The molecule has 0 aliphatic carbocycles. The van der Waals surface area contributed by atoms with E-state index in [-0.39, 0.29) is 5.78 Å². The number of hydrogen-bond donors (Lipinski definition) is 0. The SMILES string of the molecule is Cc1nn(C)c(C)c1C(=O)Cc1ccccc1Cl. The number of rotatable bonds is 3. The fraction of sp³-hybridized carbons (Fsp3) is 0.286. The molecule has 0 amide bonds. The number of halogens is 1. The molecule has 0 atom stereocenters. The zero-order valence-electron chi connectivity index (χ0n) is 10.7. The van der Waals surface area contributed by atoms with Crippen molar-refractivity contribution in [1.82, 2.24) is 9.78 Å². The Hall–Kier alpha value is -1.61. The zero-order chi connectivity index (χ0) is 13.3. The van der Waals surface area contributed by atoms with E-state index in [2.05, 4.69) is 5.10 Å². The largest absolute Gasteiger partial charge is 0.294 e. The topological polar surface area (TPSA) is 34.9 Å². The van der Waals surface area contributed by atoms with Crippen LogP contribution in [-0.2, 0) is 13.5 Å². The molecule has 0 radical (unpaired) electrons. The minimum atomic E-state index is 0.0613. The molecule has 0 bridgehead atoms.